The normalized spacial score (nSPS) is 10.3. The predicted molar refractivity (Wildman–Crippen MR) is 69.7 cm³/mol. The van der Waals surface area contributed by atoms with Crippen molar-refractivity contribution >= 4 is 17.3 Å². The molecule has 2 aromatic rings. The van der Waals surface area contributed by atoms with E-state index in [1.165, 1.54) is 18.5 Å². The van der Waals surface area contributed by atoms with Crippen LogP contribution >= 0.6 is 11.6 Å². The third-order valence-electron chi connectivity index (χ3n) is 2.49. The summed E-state index contributed by atoms with van der Waals surface area (Å²) in [5, 5.41) is 11.0. The highest BCUT2D eigenvalue weighted by Crippen LogP contribution is 2.30. The van der Waals surface area contributed by atoms with E-state index in [2.05, 4.69) is 9.97 Å². The van der Waals surface area contributed by atoms with E-state index in [1.54, 1.807) is 19.9 Å². The zero-order valence-corrected chi connectivity index (χ0v) is 11.0. The van der Waals surface area contributed by atoms with Crippen LogP contribution in [0.4, 0.5) is 5.69 Å². The van der Waals surface area contributed by atoms with Gasteiger partial charge in [0.1, 0.15) is 5.75 Å². The number of benzene rings is 1. The highest BCUT2D eigenvalue weighted by atomic mass is 35.5. The number of nitro groups is 1. The van der Waals surface area contributed by atoms with Gasteiger partial charge in [-0.05, 0) is 25.5 Å². The van der Waals surface area contributed by atoms with Gasteiger partial charge in [-0.15, -0.1) is 0 Å². The number of nitrogens with zero attached hydrogens (tertiary/aromatic N) is 3. The van der Waals surface area contributed by atoms with E-state index >= 15 is 0 Å². The third-order valence-corrected chi connectivity index (χ3v) is 2.67. The Balaban J connectivity index is 2.36. The summed E-state index contributed by atoms with van der Waals surface area (Å²) in [6.07, 6.45) is 2.81. The van der Waals surface area contributed by atoms with E-state index in [-0.39, 0.29) is 16.7 Å². The molecular formula is C12H10ClN3O3. The summed E-state index contributed by atoms with van der Waals surface area (Å²) in [5.41, 5.74) is 1.21. The summed E-state index contributed by atoms with van der Waals surface area (Å²) < 4.78 is 5.52. The summed E-state index contributed by atoms with van der Waals surface area (Å²) in [6.45, 7) is 3.37. The van der Waals surface area contributed by atoms with Crippen LogP contribution in [-0.4, -0.2) is 14.9 Å². The molecule has 0 radical (unpaired) electrons. The molecule has 0 atom stereocenters. The Morgan fingerprint density at radius 1 is 1.26 bits per heavy atom. The van der Waals surface area contributed by atoms with Crippen LogP contribution in [0.15, 0.2) is 24.5 Å². The lowest BCUT2D eigenvalue weighted by Gasteiger charge is -2.08. The predicted octanol–water partition coefficient (Wildman–Crippen LogP) is 3.45. The molecule has 98 valence electrons. The van der Waals surface area contributed by atoms with Crippen molar-refractivity contribution in [1.82, 2.24) is 9.97 Å². The Labute approximate surface area is 114 Å². The Morgan fingerprint density at radius 3 is 2.63 bits per heavy atom. The Bertz CT molecular complexity index is 646. The monoisotopic (exact) mass is 279 g/mol. The number of halogens is 1. The van der Waals surface area contributed by atoms with Crippen molar-refractivity contribution < 1.29 is 9.66 Å². The molecule has 0 bridgehead atoms. The molecule has 0 aliphatic rings. The summed E-state index contributed by atoms with van der Waals surface area (Å²) in [6, 6.07) is 3.05. The standard InChI is InChI=1S/C12H10ClN3O3/c1-7-4-10(8(2)3-9(7)16(17)18)19-12-6-14-5-11(13)15-12/h3-6H,1-2H3. The molecule has 0 amide bonds. The number of aromatic nitrogens is 2. The van der Waals surface area contributed by atoms with Gasteiger partial charge in [-0.2, -0.15) is 4.98 Å². The third kappa shape index (κ3) is 2.97. The molecule has 0 spiro atoms. The first-order valence-corrected chi connectivity index (χ1v) is 5.76. The van der Waals surface area contributed by atoms with Crippen LogP contribution in [0.2, 0.25) is 5.15 Å². The van der Waals surface area contributed by atoms with Gasteiger partial charge in [-0.3, -0.25) is 15.1 Å². The van der Waals surface area contributed by atoms with Gasteiger partial charge in [0.05, 0.1) is 17.3 Å². The van der Waals surface area contributed by atoms with Gasteiger partial charge in [0.2, 0.25) is 5.88 Å². The molecule has 0 saturated heterocycles. The fourth-order valence-electron chi connectivity index (χ4n) is 1.57. The summed E-state index contributed by atoms with van der Waals surface area (Å²) in [4.78, 5) is 18.2. The maximum absolute atomic E-state index is 10.8. The van der Waals surface area contributed by atoms with Crippen molar-refractivity contribution in [2.45, 2.75) is 13.8 Å². The SMILES string of the molecule is Cc1cc([N+](=O)[O-])c(C)cc1Oc1cncc(Cl)n1. The molecule has 6 nitrogen and oxygen atoms in total. The molecule has 2 rings (SSSR count). The van der Waals surface area contributed by atoms with Crippen LogP contribution in [0.25, 0.3) is 0 Å². The van der Waals surface area contributed by atoms with Crippen molar-refractivity contribution in [3.8, 4) is 11.6 Å². The molecule has 0 unspecified atom stereocenters. The second kappa shape index (κ2) is 5.19. The van der Waals surface area contributed by atoms with Gasteiger partial charge >= 0.3 is 0 Å². The molecule has 19 heavy (non-hydrogen) atoms. The molecule has 0 N–H and O–H groups in total. The largest absolute Gasteiger partial charge is 0.437 e. The Morgan fingerprint density at radius 2 is 2.00 bits per heavy atom. The minimum atomic E-state index is -0.425. The van der Waals surface area contributed by atoms with Gasteiger partial charge in [-0.25, -0.2) is 0 Å². The fraction of sp³-hybridized carbons (Fsp3) is 0.167. The van der Waals surface area contributed by atoms with Crippen molar-refractivity contribution in [1.29, 1.82) is 0 Å². The average Bonchev–Trinajstić information content (AvgIpc) is 2.33. The molecule has 0 aliphatic carbocycles. The van der Waals surface area contributed by atoms with Crippen molar-refractivity contribution in [3.63, 3.8) is 0 Å². The van der Waals surface area contributed by atoms with Crippen LogP contribution in [0.5, 0.6) is 11.6 Å². The second-order valence-electron chi connectivity index (χ2n) is 3.94. The van der Waals surface area contributed by atoms with Gasteiger partial charge in [-0.1, -0.05) is 11.6 Å². The Hall–Kier alpha value is -2.21. The molecule has 0 aliphatic heterocycles. The van der Waals surface area contributed by atoms with Gasteiger partial charge in [0.25, 0.3) is 5.69 Å². The molecule has 1 aromatic heterocycles. The van der Waals surface area contributed by atoms with Gasteiger partial charge in [0, 0.05) is 11.6 Å². The maximum Gasteiger partial charge on any atom is 0.272 e. The highest BCUT2D eigenvalue weighted by Gasteiger charge is 2.14. The van der Waals surface area contributed by atoms with E-state index in [0.717, 1.165) is 0 Å². The zero-order valence-electron chi connectivity index (χ0n) is 10.3. The maximum atomic E-state index is 10.8. The minimum absolute atomic E-state index is 0.0574. The topological polar surface area (TPSA) is 78.2 Å². The van der Waals surface area contributed by atoms with Crippen LogP contribution in [0, 0.1) is 24.0 Å². The first-order valence-electron chi connectivity index (χ1n) is 5.38. The molecule has 7 heteroatoms. The molecule has 1 heterocycles. The van der Waals surface area contributed by atoms with E-state index in [4.69, 9.17) is 16.3 Å². The quantitative estimate of drug-likeness (QED) is 0.635. The molecule has 0 fully saturated rings. The number of nitro benzene ring substituents is 1. The second-order valence-corrected chi connectivity index (χ2v) is 4.33. The number of hydrogen-bond donors (Lipinski definition) is 0. The molecule has 1 aromatic carbocycles. The van der Waals surface area contributed by atoms with Gasteiger partial charge in [0.15, 0.2) is 5.15 Å². The van der Waals surface area contributed by atoms with Crippen LogP contribution in [0.1, 0.15) is 11.1 Å². The lowest BCUT2D eigenvalue weighted by molar-refractivity contribution is -0.385. The summed E-state index contributed by atoms with van der Waals surface area (Å²) in [5.74, 6) is 0.725. The number of aryl methyl sites for hydroxylation is 2. The number of hydrogen-bond acceptors (Lipinski definition) is 5. The smallest absolute Gasteiger partial charge is 0.272 e. The minimum Gasteiger partial charge on any atom is -0.437 e. The summed E-state index contributed by atoms with van der Waals surface area (Å²) >= 11 is 5.71. The Kier molecular flexibility index (Phi) is 3.62. The van der Waals surface area contributed by atoms with E-state index in [9.17, 15) is 10.1 Å². The van der Waals surface area contributed by atoms with Crippen LogP contribution in [0.3, 0.4) is 0 Å². The average molecular weight is 280 g/mol. The first-order chi connectivity index (χ1) is 8.97. The van der Waals surface area contributed by atoms with E-state index in [1.807, 2.05) is 0 Å². The van der Waals surface area contributed by atoms with Crippen LogP contribution < -0.4 is 4.74 Å². The van der Waals surface area contributed by atoms with E-state index in [0.29, 0.717) is 16.9 Å². The van der Waals surface area contributed by atoms with Crippen molar-refractivity contribution in [3.05, 3.63) is 50.9 Å². The number of ether oxygens (including phenoxy) is 1. The van der Waals surface area contributed by atoms with Gasteiger partial charge < -0.3 is 4.74 Å². The molecular weight excluding hydrogens is 270 g/mol. The van der Waals surface area contributed by atoms with Crippen molar-refractivity contribution in [2.24, 2.45) is 0 Å². The van der Waals surface area contributed by atoms with Crippen molar-refractivity contribution in [2.75, 3.05) is 0 Å². The lowest BCUT2D eigenvalue weighted by atomic mass is 10.1. The van der Waals surface area contributed by atoms with E-state index < -0.39 is 4.92 Å². The first kappa shape index (κ1) is 13.2. The van der Waals surface area contributed by atoms with Crippen LogP contribution in [-0.2, 0) is 0 Å². The lowest BCUT2D eigenvalue weighted by Crippen LogP contribution is -1.96. The zero-order chi connectivity index (χ0) is 14.0. The molecule has 0 saturated carbocycles. The number of rotatable bonds is 3. The summed E-state index contributed by atoms with van der Waals surface area (Å²) in [7, 11) is 0. The highest BCUT2D eigenvalue weighted by molar-refractivity contribution is 6.29. The fourth-order valence-corrected chi connectivity index (χ4v) is 1.71.